The second kappa shape index (κ2) is 10.1. The van der Waals surface area contributed by atoms with E-state index >= 15 is 0 Å². The Balaban J connectivity index is 1.90. The van der Waals surface area contributed by atoms with Crippen molar-refractivity contribution in [2.24, 2.45) is 0 Å². The van der Waals surface area contributed by atoms with Crippen LogP contribution in [0.4, 0.5) is 0 Å². The van der Waals surface area contributed by atoms with Crippen molar-refractivity contribution in [1.29, 1.82) is 0 Å². The summed E-state index contributed by atoms with van der Waals surface area (Å²) >= 11 is 6.47. The molecule has 0 saturated carbocycles. The third-order valence-electron chi connectivity index (χ3n) is 5.53. The fourth-order valence-electron chi connectivity index (χ4n) is 3.82. The van der Waals surface area contributed by atoms with Crippen LogP contribution in [0.15, 0.2) is 12.1 Å². The Bertz CT molecular complexity index is 790. The van der Waals surface area contributed by atoms with E-state index in [2.05, 4.69) is 4.72 Å². The van der Waals surface area contributed by atoms with Gasteiger partial charge in [-0.05, 0) is 69.4 Å². The maximum absolute atomic E-state index is 12.9. The first kappa shape index (κ1) is 23.7. The molecule has 0 aliphatic carbocycles. The number of carbonyl (C=O) groups is 1. The molecular formula is C22H33ClN2O4S. The number of nitrogens with zero attached hydrogens (tertiary/aromatic N) is 1. The van der Waals surface area contributed by atoms with Gasteiger partial charge in [-0.2, -0.15) is 0 Å². The highest BCUT2D eigenvalue weighted by molar-refractivity contribution is 7.84. The molecule has 3 rings (SSSR count). The normalized spacial score (nSPS) is 20.2. The predicted molar refractivity (Wildman–Crippen MR) is 120 cm³/mol. The van der Waals surface area contributed by atoms with Crippen LogP contribution in [0, 0.1) is 0 Å². The number of hydrogen-bond donors (Lipinski definition) is 1. The van der Waals surface area contributed by atoms with Crippen LogP contribution in [-0.4, -0.2) is 45.8 Å². The van der Waals surface area contributed by atoms with Crippen molar-refractivity contribution in [3.63, 3.8) is 0 Å². The van der Waals surface area contributed by atoms with Gasteiger partial charge in [-0.15, -0.1) is 0 Å². The molecule has 2 atom stereocenters. The Morgan fingerprint density at radius 1 is 1.30 bits per heavy atom. The van der Waals surface area contributed by atoms with Crippen molar-refractivity contribution < 1.29 is 18.5 Å². The van der Waals surface area contributed by atoms with E-state index in [1.807, 2.05) is 44.7 Å². The lowest BCUT2D eigenvalue weighted by Crippen LogP contribution is -2.39. The number of nitrogens with one attached hydrogen (secondary N) is 1. The molecule has 2 aliphatic rings. The van der Waals surface area contributed by atoms with E-state index in [1.165, 1.54) is 0 Å². The quantitative estimate of drug-likeness (QED) is 0.676. The number of carbonyl (C=O) groups excluding carboxylic acids is 1. The summed E-state index contributed by atoms with van der Waals surface area (Å²) in [7, 11) is -1.27. The standard InChI is InChI=1S/C22H33ClN2O4S/c1-5-25-14-15-11-16(23)12-18(17(15)13-20(25)26)19(24-30(27)22(2,3)4)7-8-21-28-9-6-10-29-21/h11-12,19,21,24H,5-10,13-14H2,1-4H3. The maximum Gasteiger partial charge on any atom is 0.227 e. The van der Waals surface area contributed by atoms with Gasteiger partial charge < -0.3 is 14.4 Å². The SMILES string of the molecule is CCN1Cc2cc(Cl)cc(C(CCC3OCCCO3)NS(=O)C(C)(C)C)c2CC1=O. The zero-order chi connectivity index (χ0) is 21.9. The number of halogens is 1. The van der Waals surface area contributed by atoms with Crippen LogP contribution in [0.25, 0.3) is 0 Å². The fraction of sp³-hybridized carbons (Fsp3) is 0.682. The first-order valence-electron chi connectivity index (χ1n) is 10.7. The van der Waals surface area contributed by atoms with E-state index in [0.717, 1.165) is 23.1 Å². The third kappa shape index (κ3) is 5.82. The molecule has 30 heavy (non-hydrogen) atoms. The summed E-state index contributed by atoms with van der Waals surface area (Å²) in [6.45, 7) is 10.4. The summed E-state index contributed by atoms with van der Waals surface area (Å²) < 4.78 is 27.3. The second-order valence-electron chi connectivity index (χ2n) is 8.87. The molecule has 0 bridgehead atoms. The van der Waals surface area contributed by atoms with Gasteiger partial charge in [0.15, 0.2) is 6.29 Å². The summed E-state index contributed by atoms with van der Waals surface area (Å²) in [6.07, 6.45) is 2.34. The van der Waals surface area contributed by atoms with Gasteiger partial charge in [-0.25, -0.2) is 8.93 Å². The summed E-state index contributed by atoms with van der Waals surface area (Å²) in [5, 5.41) is 0.632. The molecule has 6 nitrogen and oxygen atoms in total. The Morgan fingerprint density at radius 3 is 2.63 bits per heavy atom. The highest BCUT2D eigenvalue weighted by Gasteiger charge is 2.30. The Morgan fingerprint density at radius 2 is 2.00 bits per heavy atom. The summed E-state index contributed by atoms with van der Waals surface area (Å²) in [5.74, 6) is 0.114. The van der Waals surface area contributed by atoms with Crippen molar-refractivity contribution >= 4 is 28.5 Å². The van der Waals surface area contributed by atoms with E-state index < -0.39 is 15.7 Å². The predicted octanol–water partition coefficient (Wildman–Crippen LogP) is 3.88. The average molecular weight is 457 g/mol. The molecule has 2 aliphatic heterocycles. The zero-order valence-electron chi connectivity index (χ0n) is 18.3. The van der Waals surface area contributed by atoms with E-state index in [9.17, 15) is 9.00 Å². The van der Waals surface area contributed by atoms with Crippen molar-refractivity contribution in [2.45, 2.75) is 77.0 Å². The second-order valence-corrected chi connectivity index (χ2v) is 11.3. The van der Waals surface area contributed by atoms with E-state index in [-0.39, 0.29) is 18.2 Å². The van der Waals surface area contributed by atoms with Gasteiger partial charge in [-0.3, -0.25) is 4.79 Å². The van der Waals surface area contributed by atoms with Crippen molar-refractivity contribution in [1.82, 2.24) is 9.62 Å². The molecule has 0 spiro atoms. The minimum Gasteiger partial charge on any atom is -0.353 e. The Hall–Kier alpha value is -0.990. The number of rotatable bonds is 7. The summed E-state index contributed by atoms with van der Waals surface area (Å²) in [4.78, 5) is 14.4. The van der Waals surface area contributed by atoms with Gasteiger partial charge in [0.25, 0.3) is 0 Å². The van der Waals surface area contributed by atoms with Crippen LogP contribution in [0.5, 0.6) is 0 Å². The largest absolute Gasteiger partial charge is 0.353 e. The van der Waals surface area contributed by atoms with Crippen LogP contribution in [-0.2, 0) is 38.2 Å². The number of ether oxygens (including phenoxy) is 2. The first-order valence-corrected chi connectivity index (χ1v) is 12.2. The third-order valence-corrected chi connectivity index (χ3v) is 7.36. The minimum absolute atomic E-state index is 0.114. The maximum atomic E-state index is 12.9. The molecule has 2 heterocycles. The molecule has 1 saturated heterocycles. The van der Waals surface area contributed by atoms with Gasteiger partial charge in [0.2, 0.25) is 5.91 Å². The van der Waals surface area contributed by atoms with Gasteiger partial charge in [-0.1, -0.05) is 11.6 Å². The topological polar surface area (TPSA) is 67.9 Å². The highest BCUT2D eigenvalue weighted by atomic mass is 35.5. The summed E-state index contributed by atoms with van der Waals surface area (Å²) in [6, 6.07) is 3.64. The molecule has 2 unspecified atom stereocenters. The molecule has 1 fully saturated rings. The smallest absolute Gasteiger partial charge is 0.227 e. The van der Waals surface area contributed by atoms with Crippen molar-refractivity contribution in [3.05, 3.63) is 33.8 Å². The lowest BCUT2D eigenvalue weighted by atomic mass is 9.89. The van der Waals surface area contributed by atoms with E-state index in [4.69, 9.17) is 21.1 Å². The molecule has 0 radical (unpaired) electrons. The number of benzene rings is 1. The number of hydrogen-bond acceptors (Lipinski definition) is 4. The summed E-state index contributed by atoms with van der Waals surface area (Å²) in [5.41, 5.74) is 3.02. The van der Waals surface area contributed by atoms with Gasteiger partial charge in [0.05, 0.1) is 35.4 Å². The van der Waals surface area contributed by atoms with E-state index in [0.29, 0.717) is 50.6 Å². The Labute approximate surface area is 187 Å². The fourth-order valence-corrected chi connectivity index (χ4v) is 4.92. The number of likely N-dealkylation sites (N-methyl/N-ethyl adjacent to an activating group) is 1. The molecule has 1 amide bonds. The molecule has 1 aromatic carbocycles. The number of fused-ring (bicyclic) bond motifs is 1. The monoisotopic (exact) mass is 456 g/mol. The first-order chi connectivity index (χ1) is 14.2. The van der Waals surface area contributed by atoms with Crippen molar-refractivity contribution in [2.75, 3.05) is 19.8 Å². The highest BCUT2D eigenvalue weighted by Crippen LogP contribution is 2.34. The van der Waals surface area contributed by atoms with Crippen LogP contribution in [0.2, 0.25) is 5.02 Å². The van der Waals surface area contributed by atoms with E-state index in [1.54, 1.807) is 0 Å². The minimum atomic E-state index is -1.27. The van der Waals surface area contributed by atoms with Gasteiger partial charge >= 0.3 is 0 Å². The average Bonchev–Trinajstić information content (AvgIpc) is 2.70. The molecule has 1 N–H and O–H groups in total. The molecule has 1 aromatic rings. The van der Waals surface area contributed by atoms with Gasteiger partial charge in [0.1, 0.15) is 0 Å². The van der Waals surface area contributed by atoms with Crippen LogP contribution in [0.1, 0.15) is 69.7 Å². The zero-order valence-corrected chi connectivity index (χ0v) is 19.9. The van der Waals surface area contributed by atoms with Crippen LogP contribution in [0.3, 0.4) is 0 Å². The molecule has 168 valence electrons. The van der Waals surface area contributed by atoms with Crippen LogP contribution < -0.4 is 4.72 Å². The van der Waals surface area contributed by atoms with Crippen molar-refractivity contribution in [3.8, 4) is 0 Å². The molecule has 8 heteroatoms. The lowest BCUT2D eigenvalue weighted by Gasteiger charge is -2.33. The Kier molecular flexibility index (Phi) is 7.96. The molecule has 0 aromatic heterocycles. The lowest BCUT2D eigenvalue weighted by molar-refractivity contribution is -0.182. The number of amides is 1. The van der Waals surface area contributed by atoms with Crippen LogP contribution >= 0.6 is 11.6 Å². The molecular weight excluding hydrogens is 424 g/mol. The van der Waals surface area contributed by atoms with Gasteiger partial charge in [0, 0.05) is 30.6 Å².